The van der Waals surface area contributed by atoms with Crippen molar-refractivity contribution in [3.8, 4) is 0 Å². The van der Waals surface area contributed by atoms with Crippen LogP contribution >= 0.6 is 0 Å². The lowest BCUT2D eigenvalue weighted by Gasteiger charge is -2.25. The van der Waals surface area contributed by atoms with E-state index in [2.05, 4.69) is 33.0 Å². The highest BCUT2D eigenvalue weighted by atomic mass is 15.1. The molecule has 0 aliphatic heterocycles. The Bertz CT molecular complexity index is 263. The second kappa shape index (κ2) is 5.13. The molecule has 2 fully saturated rings. The number of hydrogen-bond donors (Lipinski definition) is 2. The average molecular weight is 252 g/mol. The zero-order chi connectivity index (χ0) is 13.4. The van der Waals surface area contributed by atoms with E-state index in [1.54, 1.807) is 0 Å². The van der Waals surface area contributed by atoms with Crippen molar-refractivity contribution < 1.29 is 0 Å². The predicted octanol–water partition coefficient (Wildman–Crippen LogP) is 3.31. The van der Waals surface area contributed by atoms with Crippen molar-refractivity contribution >= 4 is 0 Å². The minimum Gasteiger partial charge on any atom is -0.327 e. The van der Waals surface area contributed by atoms with Crippen molar-refractivity contribution in [1.82, 2.24) is 5.32 Å². The van der Waals surface area contributed by atoms with Crippen molar-refractivity contribution in [2.24, 2.45) is 22.5 Å². The highest BCUT2D eigenvalue weighted by Gasteiger charge is 2.64. The van der Waals surface area contributed by atoms with E-state index in [0.29, 0.717) is 22.9 Å². The topological polar surface area (TPSA) is 38.0 Å². The van der Waals surface area contributed by atoms with Crippen molar-refractivity contribution in [3.05, 3.63) is 0 Å². The summed E-state index contributed by atoms with van der Waals surface area (Å²) >= 11 is 0. The Morgan fingerprint density at radius 3 is 2.11 bits per heavy atom. The Labute approximate surface area is 113 Å². The van der Waals surface area contributed by atoms with Gasteiger partial charge in [0.15, 0.2) is 0 Å². The summed E-state index contributed by atoms with van der Waals surface area (Å²) < 4.78 is 0. The third-order valence-electron chi connectivity index (χ3n) is 5.97. The van der Waals surface area contributed by atoms with Gasteiger partial charge >= 0.3 is 0 Å². The zero-order valence-corrected chi connectivity index (χ0v) is 12.8. The minimum atomic E-state index is 0.347. The Kier molecular flexibility index (Phi) is 4.08. The third-order valence-corrected chi connectivity index (χ3v) is 5.97. The number of rotatable bonds is 5. The van der Waals surface area contributed by atoms with Crippen LogP contribution in [0, 0.1) is 16.7 Å². The monoisotopic (exact) mass is 252 g/mol. The molecule has 2 nitrogen and oxygen atoms in total. The maximum absolute atomic E-state index is 6.30. The number of nitrogens with one attached hydrogen (secondary N) is 1. The van der Waals surface area contributed by atoms with Crippen LogP contribution in [0.5, 0.6) is 0 Å². The smallest absolute Gasteiger partial charge is 0.0181 e. The molecule has 0 bridgehead atoms. The Morgan fingerprint density at radius 2 is 1.61 bits per heavy atom. The first kappa shape index (κ1) is 14.3. The molecule has 2 heteroatoms. The van der Waals surface area contributed by atoms with Gasteiger partial charge in [-0.3, -0.25) is 0 Å². The van der Waals surface area contributed by atoms with E-state index in [1.165, 1.54) is 38.5 Å². The molecule has 2 aliphatic carbocycles. The lowest BCUT2D eigenvalue weighted by molar-refractivity contribution is 0.312. The fourth-order valence-corrected chi connectivity index (χ4v) is 3.91. The van der Waals surface area contributed by atoms with Crippen molar-refractivity contribution in [2.75, 3.05) is 6.54 Å². The van der Waals surface area contributed by atoms with E-state index in [9.17, 15) is 0 Å². The van der Waals surface area contributed by atoms with Gasteiger partial charge < -0.3 is 11.1 Å². The summed E-state index contributed by atoms with van der Waals surface area (Å²) in [6.07, 6.45) is 8.33. The van der Waals surface area contributed by atoms with Gasteiger partial charge in [-0.1, -0.05) is 59.8 Å². The number of hydrogen-bond acceptors (Lipinski definition) is 2. The van der Waals surface area contributed by atoms with Gasteiger partial charge in [0.05, 0.1) is 0 Å². The van der Waals surface area contributed by atoms with E-state index in [-0.39, 0.29) is 0 Å². The first-order valence-corrected chi connectivity index (χ1v) is 7.84. The summed E-state index contributed by atoms with van der Waals surface area (Å²) in [5.74, 6) is 0.899. The molecule has 3 N–H and O–H groups in total. The molecular formula is C16H32N2. The molecule has 0 saturated heterocycles. The lowest BCUT2D eigenvalue weighted by atomic mass is 9.85. The van der Waals surface area contributed by atoms with Crippen molar-refractivity contribution in [1.29, 1.82) is 0 Å². The molecule has 2 saturated carbocycles. The molecule has 0 amide bonds. The maximum Gasteiger partial charge on any atom is 0.0181 e. The predicted molar refractivity (Wildman–Crippen MR) is 78.5 cm³/mol. The molecule has 0 radical (unpaired) electrons. The average Bonchev–Trinajstić information content (AvgIpc) is 2.68. The minimum absolute atomic E-state index is 0.347. The molecule has 0 spiro atoms. The van der Waals surface area contributed by atoms with Gasteiger partial charge in [0, 0.05) is 18.6 Å². The Hall–Kier alpha value is -0.0800. The molecule has 0 aromatic rings. The fourth-order valence-electron chi connectivity index (χ4n) is 3.91. The van der Waals surface area contributed by atoms with Crippen LogP contribution in [-0.2, 0) is 0 Å². The van der Waals surface area contributed by atoms with E-state index < -0.39 is 0 Å². The summed E-state index contributed by atoms with van der Waals surface area (Å²) in [6.45, 7) is 10.4. The molecule has 1 atom stereocenters. The van der Waals surface area contributed by atoms with Crippen molar-refractivity contribution in [3.63, 3.8) is 0 Å². The van der Waals surface area contributed by atoms with Gasteiger partial charge in [0.1, 0.15) is 0 Å². The quantitative estimate of drug-likeness (QED) is 0.788. The fraction of sp³-hybridized carbons (Fsp3) is 1.00. The molecular weight excluding hydrogens is 220 g/mol. The van der Waals surface area contributed by atoms with Crippen LogP contribution in [0.25, 0.3) is 0 Å². The summed E-state index contributed by atoms with van der Waals surface area (Å²) in [7, 11) is 0. The van der Waals surface area contributed by atoms with Crippen LogP contribution in [0.3, 0.4) is 0 Å². The van der Waals surface area contributed by atoms with Crippen LogP contribution in [-0.4, -0.2) is 18.6 Å². The van der Waals surface area contributed by atoms with Crippen LogP contribution < -0.4 is 11.1 Å². The lowest BCUT2D eigenvalue weighted by Crippen LogP contribution is -2.38. The first-order valence-electron chi connectivity index (χ1n) is 7.84. The highest BCUT2D eigenvalue weighted by Crippen LogP contribution is 2.62. The van der Waals surface area contributed by atoms with Gasteiger partial charge in [-0.05, 0) is 23.2 Å². The Balaban J connectivity index is 1.68. The summed E-state index contributed by atoms with van der Waals surface area (Å²) in [6, 6.07) is 0.989. The summed E-state index contributed by atoms with van der Waals surface area (Å²) in [4.78, 5) is 0. The molecule has 2 rings (SSSR count). The molecule has 0 aromatic carbocycles. The van der Waals surface area contributed by atoms with E-state index in [0.717, 1.165) is 12.5 Å². The van der Waals surface area contributed by atoms with Gasteiger partial charge in [-0.25, -0.2) is 0 Å². The van der Waals surface area contributed by atoms with Crippen LogP contribution in [0.15, 0.2) is 0 Å². The standard InChI is InChI=1S/C16H32N2/c1-15(2)14(16(15,3)4)18-11-13(17)10-12-8-6-5-7-9-12/h12-14,18H,5-11,17H2,1-4H3. The summed E-state index contributed by atoms with van der Waals surface area (Å²) in [5, 5.41) is 3.70. The maximum atomic E-state index is 6.30. The van der Waals surface area contributed by atoms with Gasteiger partial charge in [-0.2, -0.15) is 0 Å². The molecule has 0 aromatic heterocycles. The molecule has 106 valence electrons. The Morgan fingerprint density at radius 1 is 1.06 bits per heavy atom. The third kappa shape index (κ3) is 2.75. The van der Waals surface area contributed by atoms with Crippen LogP contribution in [0.1, 0.15) is 66.2 Å². The second-order valence-corrected chi connectivity index (χ2v) is 7.78. The van der Waals surface area contributed by atoms with E-state index in [1.807, 2.05) is 0 Å². The zero-order valence-electron chi connectivity index (χ0n) is 12.8. The highest BCUT2D eigenvalue weighted by molar-refractivity contribution is 5.17. The number of nitrogens with two attached hydrogens (primary N) is 1. The molecule has 1 unspecified atom stereocenters. The van der Waals surface area contributed by atoms with E-state index >= 15 is 0 Å². The van der Waals surface area contributed by atoms with Gasteiger partial charge in [0.25, 0.3) is 0 Å². The molecule has 18 heavy (non-hydrogen) atoms. The van der Waals surface area contributed by atoms with Crippen LogP contribution in [0.4, 0.5) is 0 Å². The largest absolute Gasteiger partial charge is 0.327 e. The van der Waals surface area contributed by atoms with E-state index in [4.69, 9.17) is 5.73 Å². The SMILES string of the molecule is CC1(C)C(NCC(N)CC2CCCCC2)C1(C)C. The molecule has 2 aliphatic rings. The summed E-state index contributed by atoms with van der Waals surface area (Å²) in [5.41, 5.74) is 7.15. The molecule has 0 heterocycles. The van der Waals surface area contributed by atoms with Gasteiger partial charge in [0.2, 0.25) is 0 Å². The normalized spacial score (nSPS) is 29.2. The van der Waals surface area contributed by atoms with Crippen molar-refractivity contribution in [2.45, 2.75) is 78.3 Å². The first-order chi connectivity index (χ1) is 8.35. The van der Waals surface area contributed by atoms with Gasteiger partial charge in [-0.15, -0.1) is 0 Å². The van der Waals surface area contributed by atoms with Crippen LogP contribution in [0.2, 0.25) is 0 Å². The second-order valence-electron chi connectivity index (χ2n) is 7.78.